The molecule has 0 bridgehead atoms. The van der Waals surface area contributed by atoms with Crippen LogP contribution in [0.25, 0.3) is 0 Å². The number of sulfonamides is 1. The Morgan fingerprint density at radius 2 is 1.71 bits per heavy atom. The maximum atomic E-state index is 12.8. The number of benzene rings is 1. The molecule has 0 aliphatic heterocycles. The van der Waals surface area contributed by atoms with Crippen molar-refractivity contribution in [3.63, 3.8) is 0 Å². The fourth-order valence-electron chi connectivity index (χ4n) is 1.23. The largest absolute Gasteiger partial charge is 0.397 e. The topological polar surface area (TPSA) is 60.2 Å². The van der Waals surface area contributed by atoms with E-state index in [0.717, 1.165) is 26.0 Å². The summed E-state index contributed by atoms with van der Waals surface area (Å²) in [5.41, 5.74) is -2.27. The van der Waals surface area contributed by atoms with E-state index in [1.165, 1.54) is 12.1 Å². The molecule has 0 saturated heterocycles. The zero-order chi connectivity index (χ0) is 13.5. The molecule has 0 radical (unpaired) electrons. The Balaban J connectivity index is 3.36. The van der Waals surface area contributed by atoms with Crippen LogP contribution in [0.5, 0.6) is 0 Å². The third kappa shape index (κ3) is 2.78. The van der Waals surface area contributed by atoms with Gasteiger partial charge in [0.05, 0.1) is 10.3 Å². The highest BCUT2D eigenvalue weighted by Gasteiger charge is 2.48. The third-order valence-electron chi connectivity index (χ3n) is 2.59. The van der Waals surface area contributed by atoms with Crippen molar-refractivity contribution in [1.29, 1.82) is 0 Å². The van der Waals surface area contributed by atoms with Crippen molar-refractivity contribution in [1.82, 2.24) is 0 Å². The molecule has 7 heteroatoms. The summed E-state index contributed by atoms with van der Waals surface area (Å²) in [4.78, 5) is -0.327. The first kappa shape index (κ1) is 14.0. The second-order valence-corrected chi connectivity index (χ2v) is 5.76. The second kappa shape index (κ2) is 3.99. The molecule has 17 heavy (non-hydrogen) atoms. The van der Waals surface area contributed by atoms with Crippen LogP contribution in [0.3, 0.4) is 0 Å². The van der Waals surface area contributed by atoms with Crippen LogP contribution in [-0.2, 0) is 15.4 Å². The highest BCUT2D eigenvalue weighted by Crippen LogP contribution is 2.40. The first-order valence-electron chi connectivity index (χ1n) is 4.66. The van der Waals surface area contributed by atoms with E-state index >= 15 is 0 Å². The van der Waals surface area contributed by atoms with Crippen LogP contribution in [0.15, 0.2) is 29.2 Å². The number of alkyl halides is 3. The minimum absolute atomic E-state index is 0.142. The van der Waals surface area contributed by atoms with Gasteiger partial charge in [-0.05, 0) is 31.5 Å². The number of hydrogen-bond donors (Lipinski definition) is 1. The maximum absolute atomic E-state index is 12.8. The van der Waals surface area contributed by atoms with Gasteiger partial charge in [0.2, 0.25) is 10.0 Å². The first-order valence-corrected chi connectivity index (χ1v) is 6.21. The van der Waals surface area contributed by atoms with Crippen LogP contribution >= 0.6 is 0 Å². The summed E-state index contributed by atoms with van der Waals surface area (Å²) in [6.45, 7) is 1.96. The zero-order valence-corrected chi connectivity index (χ0v) is 10.1. The molecule has 0 spiro atoms. The Morgan fingerprint density at radius 3 is 2.12 bits per heavy atom. The highest BCUT2D eigenvalue weighted by atomic mass is 32.2. The van der Waals surface area contributed by atoms with E-state index in [-0.39, 0.29) is 10.5 Å². The summed E-state index contributed by atoms with van der Waals surface area (Å²) >= 11 is 0. The lowest BCUT2D eigenvalue weighted by atomic mass is 9.84. The lowest BCUT2D eigenvalue weighted by Crippen LogP contribution is -2.36. The number of halogens is 3. The molecule has 0 aromatic heterocycles. The summed E-state index contributed by atoms with van der Waals surface area (Å²) < 4.78 is 60.4. The van der Waals surface area contributed by atoms with Gasteiger partial charge in [0, 0.05) is 0 Å². The van der Waals surface area contributed by atoms with Gasteiger partial charge < -0.3 is 0 Å². The van der Waals surface area contributed by atoms with Gasteiger partial charge in [0.15, 0.2) is 0 Å². The van der Waals surface area contributed by atoms with Crippen molar-refractivity contribution in [3.05, 3.63) is 29.8 Å². The highest BCUT2D eigenvalue weighted by molar-refractivity contribution is 7.89. The molecule has 0 aliphatic carbocycles. The van der Waals surface area contributed by atoms with Gasteiger partial charge in [0.25, 0.3) is 0 Å². The quantitative estimate of drug-likeness (QED) is 0.892. The van der Waals surface area contributed by atoms with Gasteiger partial charge in [-0.3, -0.25) is 0 Å². The van der Waals surface area contributed by atoms with Crippen molar-refractivity contribution < 1.29 is 21.6 Å². The number of hydrogen-bond acceptors (Lipinski definition) is 2. The second-order valence-electron chi connectivity index (χ2n) is 4.20. The molecular weight excluding hydrogens is 255 g/mol. The Morgan fingerprint density at radius 1 is 1.18 bits per heavy atom. The van der Waals surface area contributed by atoms with Gasteiger partial charge in [0.1, 0.15) is 0 Å². The van der Waals surface area contributed by atoms with Crippen LogP contribution in [0, 0.1) is 0 Å². The summed E-state index contributed by atoms with van der Waals surface area (Å²) in [6.07, 6.45) is -4.47. The molecule has 0 saturated carbocycles. The molecule has 0 atom stereocenters. The van der Waals surface area contributed by atoms with Crippen LogP contribution in [-0.4, -0.2) is 14.6 Å². The molecule has 0 fully saturated rings. The molecule has 0 unspecified atom stereocenters. The van der Waals surface area contributed by atoms with E-state index in [1.807, 2.05) is 0 Å². The zero-order valence-electron chi connectivity index (χ0n) is 9.25. The SMILES string of the molecule is CC(C)(c1cccc(S(N)(=O)=O)c1)C(F)(F)F. The predicted octanol–water partition coefficient (Wildman–Crippen LogP) is 2.17. The number of nitrogens with two attached hydrogens (primary N) is 1. The Kier molecular flexibility index (Phi) is 3.28. The molecule has 0 amide bonds. The molecule has 1 rings (SSSR count). The first-order chi connectivity index (χ1) is 7.46. The molecule has 0 heterocycles. The summed E-state index contributed by atoms with van der Waals surface area (Å²) in [7, 11) is -4.00. The van der Waals surface area contributed by atoms with Gasteiger partial charge in [-0.2, -0.15) is 13.2 Å². The Labute approximate surface area is 97.5 Å². The summed E-state index contributed by atoms with van der Waals surface area (Å²) in [5.74, 6) is 0. The average molecular weight is 267 g/mol. The van der Waals surface area contributed by atoms with Crippen LogP contribution in [0.4, 0.5) is 13.2 Å². The van der Waals surface area contributed by atoms with E-state index < -0.39 is 21.6 Å². The molecule has 0 aliphatic rings. The maximum Gasteiger partial charge on any atom is 0.397 e. The van der Waals surface area contributed by atoms with Gasteiger partial charge >= 0.3 is 6.18 Å². The van der Waals surface area contributed by atoms with Crippen molar-refractivity contribution >= 4 is 10.0 Å². The van der Waals surface area contributed by atoms with Gasteiger partial charge in [-0.1, -0.05) is 12.1 Å². The van der Waals surface area contributed by atoms with Gasteiger partial charge in [-0.15, -0.1) is 0 Å². The minimum Gasteiger partial charge on any atom is -0.225 e. The molecule has 2 N–H and O–H groups in total. The predicted molar refractivity (Wildman–Crippen MR) is 56.9 cm³/mol. The van der Waals surface area contributed by atoms with E-state index in [2.05, 4.69) is 0 Å². The van der Waals surface area contributed by atoms with Crippen molar-refractivity contribution in [2.75, 3.05) is 0 Å². The standard InChI is InChI=1S/C10H12F3NO2S/c1-9(2,10(11,12)13)7-4-3-5-8(6-7)17(14,15)16/h3-6H,1-2H3,(H2,14,15,16). The molecule has 1 aromatic rings. The lowest BCUT2D eigenvalue weighted by molar-refractivity contribution is -0.180. The smallest absolute Gasteiger partial charge is 0.225 e. The fourth-order valence-corrected chi connectivity index (χ4v) is 1.78. The van der Waals surface area contributed by atoms with E-state index in [0.29, 0.717) is 0 Å². The Hall–Kier alpha value is -1.08. The normalized spacial score (nSPS) is 13.8. The van der Waals surface area contributed by atoms with Crippen LogP contribution in [0.1, 0.15) is 19.4 Å². The van der Waals surface area contributed by atoms with Crippen molar-refractivity contribution in [2.24, 2.45) is 5.14 Å². The fraction of sp³-hybridized carbons (Fsp3) is 0.400. The minimum atomic E-state index is -4.47. The number of rotatable bonds is 2. The van der Waals surface area contributed by atoms with E-state index in [1.54, 1.807) is 0 Å². The average Bonchev–Trinajstić information content (AvgIpc) is 2.15. The van der Waals surface area contributed by atoms with Gasteiger partial charge in [-0.25, -0.2) is 13.6 Å². The van der Waals surface area contributed by atoms with Crippen molar-refractivity contribution in [2.45, 2.75) is 30.3 Å². The molecule has 1 aromatic carbocycles. The summed E-state index contributed by atoms with van der Waals surface area (Å²) in [5, 5.41) is 4.87. The van der Waals surface area contributed by atoms with Crippen LogP contribution < -0.4 is 5.14 Å². The number of primary sulfonamides is 1. The van der Waals surface area contributed by atoms with E-state index in [4.69, 9.17) is 5.14 Å². The lowest BCUT2D eigenvalue weighted by Gasteiger charge is -2.28. The molecular formula is C10H12F3NO2S. The van der Waals surface area contributed by atoms with E-state index in [9.17, 15) is 21.6 Å². The summed E-state index contributed by atoms with van der Waals surface area (Å²) in [6, 6.07) is 4.57. The Bertz CT molecular complexity index is 521. The molecule has 3 nitrogen and oxygen atoms in total. The third-order valence-corrected chi connectivity index (χ3v) is 3.50. The molecule has 96 valence electrons. The van der Waals surface area contributed by atoms with Crippen molar-refractivity contribution in [3.8, 4) is 0 Å². The van der Waals surface area contributed by atoms with Crippen LogP contribution in [0.2, 0.25) is 0 Å². The monoisotopic (exact) mass is 267 g/mol.